The van der Waals surface area contributed by atoms with Crippen LogP contribution < -0.4 is 0 Å². The molecule has 0 bridgehead atoms. The minimum atomic E-state index is -0.826. The Morgan fingerprint density at radius 2 is 1.53 bits per heavy atom. The molecule has 0 unspecified atom stereocenters. The molecule has 0 saturated carbocycles. The summed E-state index contributed by atoms with van der Waals surface area (Å²) in [5.74, 6) is 0. The molecule has 1 aliphatic carbocycles. The predicted molar refractivity (Wildman–Crippen MR) is 70.8 cm³/mol. The molecule has 0 saturated heterocycles. The zero-order valence-corrected chi connectivity index (χ0v) is 13.3. The standard InChI is InChI=1S/C14H11.2ClH.Zr/c1-10-6-7-14-12(8-10)9-11-4-2-3-5-13(11)14;;;/h2-9H,1H3;2*1H;/q;;;+2/p-2. The molecule has 2 aromatic carbocycles. The van der Waals surface area contributed by atoms with Crippen molar-refractivity contribution in [3.8, 4) is 11.1 Å². The van der Waals surface area contributed by atoms with Crippen molar-refractivity contribution in [3.05, 3.63) is 65.6 Å². The Labute approximate surface area is 121 Å². The Hall–Kier alpha value is -0.0969. The minimum absolute atomic E-state index is 0.826. The Kier molecular flexibility index (Phi) is 4.85. The van der Waals surface area contributed by atoms with E-state index in [1.54, 1.807) is 0 Å². The molecular weight excluding hydrogens is 330 g/mol. The van der Waals surface area contributed by atoms with Crippen molar-refractivity contribution in [3.63, 3.8) is 0 Å². The van der Waals surface area contributed by atoms with E-state index in [2.05, 4.69) is 55.8 Å². The van der Waals surface area contributed by atoms with Crippen LogP contribution >= 0.6 is 17.0 Å². The van der Waals surface area contributed by atoms with Gasteiger partial charge in [0.1, 0.15) is 0 Å². The topological polar surface area (TPSA) is 0 Å². The van der Waals surface area contributed by atoms with E-state index in [0.29, 0.717) is 0 Å². The van der Waals surface area contributed by atoms with Crippen molar-refractivity contribution in [1.29, 1.82) is 0 Å². The molecule has 3 rings (SSSR count). The van der Waals surface area contributed by atoms with Crippen LogP contribution in [0.25, 0.3) is 11.1 Å². The zero-order valence-electron chi connectivity index (χ0n) is 9.37. The first-order valence-electron chi connectivity index (χ1n) is 5.27. The second-order valence-corrected chi connectivity index (χ2v) is 7.63. The molecule has 85 valence electrons. The summed E-state index contributed by atoms with van der Waals surface area (Å²) in [4.78, 5) is 0. The molecular formula is C14H11Cl2Zr. The van der Waals surface area contributed by atoms with Crippen molar-refractivity contribution < 1.29 is 20.8 Å². The van der Waals surface area contributed by atoms with Gasteiger partial charge in [-0.2, -0.15) is 0 Å². The molecule has 0 nitrogen and oxygen atoms in total. The summed E-state index contributed by atoms with van der Waals surface area (Å²) in [6.45, 7) is 2.14. The summed E-state index contributed by atoms with van der Waals surface area (Å²) in [7, 11) is 9.87. The summed E-state index contributed by atoms with van der Waals surface area (Å²) < 4.78 is 0. The van der Waals surface area contributed by atoms with Gasteiger partial charge in [0.25, 0.3) is 0 Å². The number of hydrogen-bond donors (Lipinski definition) is 0. The second-order valence-electron chi connectivity index (χ2n) is 3.89. The third-order valence-corrected chi connectivity index (χ3v) is 2.77. The third-order valence-electron chi connectivity index (χ3n) is 2.77. The molecule has 0 aromatic heterocycles. The van der Waals surface area contributed by atoms with Crippen LogP contribution in [0, 0.1) is 13.3 Å². The van der Waals surface area contributed by atoms with Gasteiger partial charge < -0.3 is 0 Å². The fourth-order valence-corrected chi connectivity index (χ4v) is 2.08. The first kappa shape index (κ1) is 13.3. The van der Waals surface area contributed by atoms with Crippen LogP contribution in [0.4, 0.5) is 0 Å². The molecule has 0 aliphatic heterocycles. The summed E-state index contributed by atoms with van der Waals surface area (Å²) in [5, 5.41) is 0. The number of halogens is 2. The van der Waals surface area contributed by atoms with Crippen LogP contribution in [0.2, 0.25) is 0 Å². The molecule has 3 heteroatoms. The summed E-state index contributed by atoms with van der Waals surface area (Å²) in [6, 6.07) is 15.2. The molecule has 0 spiro atoms. The van der Waals surface area contributed by atoms with Crippen molar-refractivity contribution in [1.82, 2.24) is 0 Å². The van der Waals surface area contributed by atoms with E-state index in [1.807, 2.05) is 0 Å². The van der Waals surface area contributed by atoms with Crippen molar-refractivity contribution in [2.24, 2.45) is 0 Å². The van der Waals surface area contributed by atoms with Crippen molar-refractivity contribution >= 4 is 17.0 Å². The van der Waals surface area contributed by atoms with Gasteiger partial charge in [0.05, 0.1) is 0 Å². The van der Waals surface area contributed by atoms with E-state index in [-0.39, 0.29) is 0 Å². The molecule has 17 heavy (non-hydrogen) atoms. The fourth-order valence-electron chi connectivity index (χ4n) is 2.08. The van der Waals surface area contributed by atoms with E-state index in [4.69, 9.17) is 17.0 Å². The van der Waals surface area contributed by atoms with Gasteiger partial charge in [0.2, 0.25) is 0 Å². The number of aryl methyl sites for hydroxylation is 1. The van der Waals surface area contributed by atoms with Crippen LogP contribution in [0.3, 0.4) is 0 Å². The van der Waals surface area contributed by atoms with Crippen LogP contribution in [-0.2, 0) is 20.8 Å². The monoisotopic (exact) mass is 339 g/mol. The van der Waals surface area contributed by atoms with Crippen LogP contribution in [0.1, 0.15) is 16.7 Å². The molecule has 0 heterocycles. The maximum absolute atomic E-state index is 4.93. The summed E-state index contributed by atoms with van der Waals surface area (Å²) in [5.41, 5.74) is 6.75. The van der Waals surface area contributed by atoms with Gasteiger partial charge in [-0.05, 0) is 29.2 Å². The van der Waals surface area contributed by atoms with Gasteiger partial charge in [-0.3, -0.25) is 0 Å². The van der Waals surface area contributed by atoms with Gasteiger partial charge in [-0.1, -0.05) is 48.0 Å². The summed E-state index contributed by atoms with van der Waals surface area (Å²) >= 11 is -0.826. The molecule has 1 aliphatic rings. The van der Waals surface area contributed by atoms with Crippen molar-refractivity contribution in [2.75, 3.05) is 0 Å². The van der Waals surface area contributed by atoms with E-state index in [9.17, 15) is 0 Å². The van der Waals surface area contributed by atoms with E-state index >= 15 is 0 Å². The molecule has 0 N–H and O–H groups in total. The van der Waals surface area contributed by atoms with Gasteiger partial charge >= 0.3 is 37.9 Å². The van der Waals surface area contributed by atoms with Gasteiger partial charge in [0.15, 0.2) is 0 Å². The van der Waals surface area contributed by atoms with E-state index in [1.165, 1.54) is 27.8 Å². The Morgan fingerprint density at radius 3 is 2.29 bits per heavy atom. The Balaban J connectivity index is 0.000000329. The Bertz CT molecular complexity index is 523. The third kappa shape index (κ3) is 3.02. The van der Waals surface area contributed by atoms with Gasteiger partial charge in [-0.25, -0.2) is 0 Å². The SMILES string of the molecule is Cc1ccc2c(c1)[CH]c1ccccc1-2.[Cl][Zr][Cl]. The molecule has 0 fully saturated rings. The number of hydrogen-bond acceptors (Lipinski definition) is 0. The van der Waals surface area contributed by atoms with E-state index in [0.717, 1.165) is 0 Å². The zero-order chi connectivity index (χ0) is 12.3. The van der Waals surface area contributed by atoms with Gasteiger partial charge in [0, 0.05) is 6.42 Å². The molecule has 2 aromatic rings. The average molecular weight is 341 g/mol. The van der Waals surface area contributed by atoms with Gasteiger partial charge in [-0.15, -0.1) is 0 Å². The van der Waals surface area contributed by atoms with Crippen LogP contribution in [-0.4, -0.2) is 0 Å². The number of fused-ring (bicyclic) bond motifs is 3. The maximum atomic E-state index is 4.93. The Morgan fingerprint density at radius 1 is 0.882 bits per heavy atom. The molecule has 1 radical (unpaired) electrons. The quantitative estimate of drug-likeness (QED) is 0.543. The van der Waals surface area contributed by atoms with E-state index < -0.39 is 20.8 Å². The number of benzene rings is 2. The normalized spacial score (nSPS) is 11.0. The first-order chi connectivity index (χ1) is 8.26. The first-order valence-corrected chi connectivity index (χ1v) is 11.6. The number of rotatable bonds is 0. The predicted octanol–water partition coefficient (Wildman–Crippen LogP) is 4.95. The average Bonchev–Trinajstić information content (AvgIpc) is 2.67. The van der Waals surface area contributed by atoms with Crippen LogP contribution in [0.5, 0.6) is 0 Å². The van der Waals surface area contributed by atoms with Crippen molar-refractivity contribution in [2.45, 2.75) is 6.92 Å². The molecule has 0 atom stereocenters. The summed E-state index contributed by atoms with van der Waals surface area (Å²) in [6.07, 6.45) is 2.26. The molecule has 0 amide bonds. The second kappa shape index (κ2) is 6.18. The fraction of sp³-hybridized carbons (Fsp3) is 0.0714. The van der Waals surface area contributed by atoms with Crippen LogP contribution in [0.15, 0.2) is 42.5 Å².